The van der Waals surface area contributed by atoms with E-state index >= 15 is 0 Å². The predicted octanol–water partition coefficient (Wildman–Crippen LogP) is -9.46. The number of nitrogens with one attached hydrogen (secondary N) is 2. The van der Waals surface area contributed by atoms with Crippen LogP contribution in [0.15, 0.2) is 0 Å². The van der Waals surface area contributed by atoms with Gasteiger partial charge in [0.25, 0.3) is 0 Å². The van der Waals surface area contributed by atoms with Gasteiger partial charge in [0, 0.05) is 13.8 Å². The maximum absolute atomic E-state index is 12.2. The Bertz CT molecular complexity index is 1140. The van der Waals surface area contributed by atoms with Crippen LogP contribution in [0.1, 0.15) is 13.8 Å². The van der Waals surface area contributed by atoms with Crippen molar-refractivity contribution in [3.05, 3.63) is 0 Å². The van der Waals surface area contributed by atoms with Gasteiger partial charge in [-0.2, -0.15) is 0 Å². The minimum Gasteiger partial charge on any atom is -0.394 e. The number of hydrogen-bond donors (Lipinski definition) is 14. The topological polar surface area (TPSA) is 366 Å². The molecule has 4 rings (SSSR count). The Morgan fingerprint density at radius 2 is 0.882 bits per heavy atom. The normalized spacial score (nSPS) is 47.8. The van der Waals surface area contributed by atoms with Crippen molar-refractivity contribution in [3.8, 4) is 0 Å². The van der Waals surface area contributed by atoms with Gasteiger partial charge in [0.15, 0.2) is 25.2 Å². The van der Waals surface area contributed by atoms with E-state index in [-0.39, 0.29) is 0 Å². The molecule has 0 aromatic heterocycles. The van der Waals surface area contributed by atoms with Gasteiger partial charge in [0.05, 0.1) is 26.4 Å². The average Bonchev–Trinajstić information content (AvgIpc) is 3.09. The average molecular weight is 749 g/mol. The second-order valence-corrected chi connectivity index (χ2v) is 12.6. The summed E-state index contributed by atoms with van der Waals surface area (Å²) in [6.45, 7) is -1.28. The Morgan fingerprint density at radius 3 is 1.41 bits per heavy atom. The van der Waals surface area contributed by atoms with E-state index in [0.29, 0.717) is 0 Å². The smallest absolute Gasteiger partial charge is 0.217 e. The maximum atomic E-state index is 12.2. The number of aliphatic hydroxyl groups is 12. The second-order valence-electron chi connectivity index (χ2n) is 12.6. The SMILES string of the molecule is CC(=O)N[C@H]1[C@H](O[C@H]2[C@H](O)[C@H](NC(C)=O)[C@@H](O)O[C@@H]2CO)O[C@H](CO)[C@@H](O[C@@H]2O[C@H](CO)[C@@H](O)[C@H](O[C@H]3O[C@H](CO)[C@@H](O)[C@H](O)[C@@H]3O)[C@@H]2O)[C@@H]1O. The summed E-state index contributed by atoms with van der Waals surface area (Å²) in [7, 11) is 0. The maximum Gasteiger partial charge on any atom is 0.217 e. The van der Waals surface area contributed by atoms with Gasteiger partial charge >= 0.3 is 0 Å². The summed E-state index contributed by atoms with van der Waals surface area (Å²) in [6.07, 6.45) is -31.4. The molecule has 0 unspecified atom stereocenters. The first-order valence-electron chi connectivity index (χ1n) is 16.1. The van der Waals surface area contributed by atoms with E-state index in [1.54, 1.807) is 0 Å². The molecule has 0 bridgehead atoms. The van der Waals surface area contributed by atoms with Crippen molar-refractivity contribution >= 4 is 11.8 Å². The van der Waals surface area contributed by atoms with Crippen LogP contribution < -0.4 is 10.6 Å². The molecule has 23 nitrogen and oxygen atoms in total. The molecular weight excluding hydrogens is 700 g/mol. The number of rotatable bonds is 12. The molecule has 296 valence electrons. The lowest BCUT2D eigenvalue weighted by molar-refractivity contribution is -0.379. The van der Waals surface area contributed by atoms with Crippen LogP contribution in [0.2, 0.25) is 0 Å². The summed E-state index contributed by atoms with van der Waals surface area (Å²) < 4.78 is 39.1. The molecular formula is C28H48N2O21. The summed E-state index contributed by atoms with van der Waals surface area (Å²) in [5, 5.41) is 130. The van der Waals surface area contributed by atoms with Crippen molar-refractivity contribution in [3.63, 3.8) is 0 Å². The molecule has 0 aromatic carbocycles. The number of carbonyl (C=O) groups excluding carboxylic acids is 2. The molecule has 0 spiro atoms. The molecule has 4 aliphatic heterocycles. The molecule has 23 heteroatoms. The number of amides is 2. The minimum atomic E-state index is -2.04. The third kappa shape index (κ3) is 9.11. The first-order valence-corrected chi connectivity index (χ1v) is 16.1. The number of ether oxygens (including phenoxy) is 7. The zero-order chi connectivity index (χ0) is 37.9. The lowest BCUT2D eigenvalue weighted by Gasteiger charge is -2.50. The van der Waals surface area contributed by atoms with E-state index in [1.165, 1.54) is 0 Å². The Kier molecular flexibility index (Phi) is 14.8. The zero-order valence-electron chi connectivity index (χ0n) is 27.4. The Hall–Kier alpha value is -1.82. The molecule has 51 heavy (non-hydrogen) atoms. The van der Waals surface area contributed by atoms with E-state index < -0.39 is 161 Å². The zero-order valence-corrected chi connectivity index (χ0v) is 27.4. The molecule has 2 amide bonds. The van der Waals surface area contributed by atoms with E-state index in [0.717, 1.165) is 13.8 Å². The highest BCUT2D eigenvalue weighted by Crippen LogP contribution is 2.34. The van der Waals surface area contributed by atoms with Crippen molar-refractivity contribution in [2.75, 3.05) is 26.4 Å². The van der Waals surface area contributed by atoms with Gasteiger partial charge < -0.3 is 105 Å². The molecule has 0 aliphatic carbocycles. The minimum absolute atomic E-state index is 0.660. The summed E-state index contributed by atoms with van der Waals surface area (Å²) in [4.78, 5) is 23.9. The largest absolute Gasteiger partial charge is 0.394 e. The van der Waals surface area contributed by atoms with Crippen LogP contribution in [0.5, 0.6) is 0 Å². The fourth-order valence-electron chi connectivity index (χ4n) is 6.35. The molecule has 4 heterocycles. The summed E-state index contributed by atoms with van der Waals surface area (Å²) in [6, 6.07) is -3.04. The van der Waals surface area contributed by atoms with Gasteiger partial charge in [0.2, 0.25) is 11.8 Å². The van der Waals surface area contributed by atoms with Crippen LogP contribution in [0, 0.1) is 0 Å². The molecule has 20 atom stereocenters. The van der Waals surface area contributed by atoms with Crippen LogP contribution >= 0.6 is 0 Å². The van der Waals surface area contributed by atoms with E-state index in [9.17, 15) is 70.9 Å². The van der Waals surface area contributed by atoms with Gasteiger partial charge in [-0.15, -0.1) is 0 Å². The Labute approximate surface area is 289 Å². The first kappa shape index (κ1) is 41.9. The van der Waals surface area contributed by atoms with Gasteiger partial charge in [-0.1, -0.05) is 0 Å². The van der Waals surface area contributed by atoms with Gasteiger partial charge in [-0.05, 0) is 0 Å². The van der Waals surface area contributed by atoms with Crippen molar-refractivity contribution in [1.29, 1.82) is 0 Å². The Balaban J connectivity index is 1.56. The van der Waals surface area contributed by atoms with Crippen molar-refractivity contribution in [2.45, 2.75) is 137 Å². The quantitative estimate of drug-likeness (QED) is 0.0881. The van der Waals surface area contributed by atoms with Crippen LogP contribution in [0.25, 0.3) is 0 Å². The molecule has 4 aliphatic rings. The van der Waals surface area contributed by atoms with Crippen LogP contribution in [0.3, 0.4) is 0 Å². The van der Waals surface area contributed by atoms with Gasteiger partial charge in [0.1, 0.15) is 97.5 Å². The van der Waals surface area contributed by atoms with Crippen molar-refractivity contribution in [2.24, 2.45) is 0 Å². The fourth-order valence-corrected chi connectivity index (χ4v) is 6.35. The predicted molar refractivity (Wildman–Crippen MR) is 157 cm³/mol. The van der Waals surface area contributed by atoms with Crippen molar-refractivity contribution < 1.29 is 104 Å². The van der Waals surface area contributed by atoms with E-state index in [1.807, 2.05) is 0 Å². The number of aliphatic hydroxyl groups excluding tert-OH is 12. The third-order valence-corrected chi connectivity index (χ3v) is 9.01. The number of carbonyl (C=O) groups is 2. The molecule has 0 saturated carbocycles. The highest BCUT2D eigenvalue weighted by Gasteiger charge is 2.55. The monoisotopic (exact) mass is 748 g/mol. The fraction of sp³-hybridized carbons (Fsp3) is 0.929. The summed E-state index contributed by atoms with van der Waals surface area (Å²) in [5.74, 6) is -1.40. The van der Waals surface area contributed by atoms with Gasteiger partial charge in [-0.25, -0.2) is 0 Å². The molecule has 0 aromatic rings. The summed E-state index contributed by atoms with van der Waals surface area (Å²) >= 11 is 0. The van der Waals surface area contributed by atoms with Crippen molar-refractivity contribution in [1.82, 2.24) is 10.6 Å². The standard InChI is InChI=1S/C28H48N2O21/c1-7(35)29-13-17(39)22(11(5-33)45-25(13)44)49-26-14(30-8(2)36)18(40)23(12(6-34)48-26)50-28-21(43)24(16(38)10(4-32)47-28)51-27-20(42)19(41)15(37)9(3-31)46-27/h9-28,31-34,37-44H,3-6H2,1-2H3,(H,29,35)(H,30,36)/t9-,10-,11-,12-,13+,14-,15-,16-,17-,18-,19+,20+,21+,22-,23-,24+,25+,26+,27-,28+/m1/s1. The highest BCUT2D eigenvalue weighted by atomic mass is 16.8. The third-order valence-electron chi connectivity index (χ3n) is 9.01. The lowest BCUT2D eigenvalue weighted by Crippen LogP contribution is -2.70. The van der Waals surface area contributed by atoms with Crippen LogP contribution in [0.4, 0.5) is 0 Å². The molecule has 4 fully saturated rings. The first-order chi connectivity index (χ1) is 24.1. The number of hydrogen-bond acceptors (Lipinski definition) is 21. The summed E-state index contributed by atoms with van der Waals surface area (Å²) in [5.41, 5.74) is 0. The van der Waals surface area contributed by atoms with Crippen LogP contribution in [-0.4, -0.2) is 222 Å². The molecule has 0 radical (unpaired) electrons. The van der Waals surface area contributed by atoms with E-state index in [4.69, 9.17) is 33.2 Å². The molecule has 14 N–H and O–H groups in total. The Morgan fingerprint density at radius 1 is 0.471 bits per heavy atom. The molecule has 4 saturated heterocycles. The highest BCUT2D eigenvalue weighted by molar-refractivity contribution is 5.73. The second kappa shape index (κ2) is 18.0. The van der Waals surface area contributed by atoms with Crippen LogP contribution in [-0.2, 0) is 42.7 Å². The lowest BCUT2D eigenvalue weighted by atomic mass is 9.94. The van der Waals surface area contributed by atoms with Gasteiger partial charge in [-0.3, -0.25) is 9.59 Å². The van der Waals surface area contributed by atoms with E-state index in [2.05, 4.69) is 10.6 Å².